The second-order valence-electron chi connectivity index (χ2n) is 6.07. The van der Waals surface area contributed by atoms with Crippen molar-refractivity contribution in [1.82, 2.24) is 19.5 Å². The summed E-state index contributed by atoms with van der Waals surface area (Å²) >= 11 is 6.09. The molecule has 0 unspecified atom stereocenters. The quantitative estimate of drug-likeness (QED) is 0.464. The van der Waals surface area contributed by atoms with E-state index in [0.717, 1.165) is 5.69 Å². The van der Waals surface area contributed by atoms with Crippen LogP contribution in [0.1, 0.15) is 6.92 Å². The van der Waals surface area contributed by atoms with E-state index < -0.39 is 0 Å². The van der Waals surface area contributed by atoms with E-state index in [1.54, 1.807) is 14.2 Å². The molecule has 0 amide bonds. The summed E-state index contributed by atoms with van der Waals surface area (Å²) < 4.78 is 18.7. The molecule has 29 heavy (non-hydrogen) atoms. The molecule has 0 aliphatic rings. The van der Waals surface area contributed by atoms with Crippen LogP contribution >= 0.6 is 11.6 Å². The molecular formula is C21H19ClN4O3. The van der Waals surface area contributed by atoms with E-state index in [0.29, 0.717) is 51.7 Å². The third kappa shape index (κ3) is 3.45. The number of ether oxygens (including phenoxy) is 3. The zero-order valence-corrected chi connectivity index (χ0v) is 17.0. The van der Waals surface area contributed by atoms with Crippen molar-refractivity contribution in [3.8, 4) is 34.5 Å². The summed E-state index contributed by atoms with van der Waals surface area (Å²) in [6.45, 7) is 2.44. The van der Waals surface area contributed by atoms with Gasteiger partial charge >= 0.3 is 0 Å². The Hall–Kier alpha value is -3.32. The molecule has 0 saturated carbocycles. The number of benzene rings is 1. The molecule has 1 aromatic carbocycles. The fraction of sp³-hybridized carbons (Fsp3) is 0.190. The Morgan fingerprint density at radius 2 is 1.72 bits per heavy atom. The summed E-state index contributed by atoms with van der Waals surface area (Å²) in [6.07, 6.45) is 1.51. The average molecular weight is 411 g/mol. The number of aromatic nitrogens is 4. The first-order valence-corrected chi connectivity index (χ1v) is 9.39. The summed E-state index contributed by atoms with van der Waals surface area (Å²) in [4.78, 5) is 13.6. The van der Waals surface area contributed by atoms with Crippen LogP contribution in [0, 0.1) is 0 Å². The molecule has 3 heterocycles. The highest BCUT2D eigenvalue weighted by atomic mass is 35.5. The number of hydrogen-bond donors (Lipinski definition) is 0. The molecule has 0 bridgehead atoms. The molecule has 3 aromatic heterocycles. The molecule has 7 nitrogen and oxygen atoms in total. The minimum absolute atomic E-state index is 0.309. The van der Waals surface area contributed by atoms with Crippen LogP contribution < -0.4 is 14.2 Å². The maximum atomic E-state index is 6.09. The minimum Gasteiger partial charge on any atom is -0.494 e. The Labute approximate surface area is 172 Å². The summed E-state index contributed by atoms with van der Waals surface area (Å²) in [6, 6.07) is 13.1. The SMILES string of the molecule is CCOc1cccc(-c2cc3nc(Cl)cnc3n2-c2c(OC)cccc2OC)n1. The zero-order valence-electron chi connectivity index (χ0n) is 16.2. The van der Waals surface area contributed by atoms with Gasteiger partial charge in [0, 0.05) is 6.07 Å². The second kappa shape index (κ2) is 7.97. The van der Waals surface area contributed by atoms with Crippen molar-refractivity contribution in [3.63, 3.8) is 0 Å². The van der Waals surface area contributed by atoms with Gasteiger partial charge in [-0.3, -0.25) is 4.57 Å². The molecule has 0 atom stereocenters. The Morgan fingerprint density at radius 1 is 1.00 bits per heavy atom. The monoisotopic (exact) mass is 410 g/mol. The normalized spacial score (nSPS) is 10.9. The van der Waals surface area contributed by atoms with E-state index in [-0.39, 0.29) is 0 Å². The zero-order chi connectivity index (χ0) is 20.4. The fourth-order valence-electron chi connectivity index (χ4n) is 3.20. The predicted molar refractivity (Wildman–Crippen MR) is 111 cm³/mol. The molecule has 0 aliphatic carbocycles. The lowest BCUT2D eigenvalue weighted by atomic mass is 10.2. The first kappa shape index (κ1) is 19.0. The van der Waals surface area contributed by atoms with Crippen LogP contribution in [0.5, 0.6) is 17.4 Å². The van der Waals surface area contributed by atoms with Crippen molar-refractivity contribution < 1.29 is 14.2 Å². The summed E-state index contributed by atoms with van der Waals surface area (Å²) in [5.74, 6) is 1.79. The number of methoxy groups -OCH3 is 2. The highest BCUT2D eigenvalue weighted by Crippen LogP contribution is 2.39. The fourth-order valence-corrected chi connectivity index (χ4v) is 3.34. The van der Waals surface area contributed by atoms with Crippen molar-refractivity contribution in [2.24, 2.45) is 0 Å². The predicted octanol–water partition coefficient (Wildman–Crippen LogP) is 4.55. The van der Waals surface area contributed by atoms with Gasteiger partial charge in [0.1, 0.15) is 27.9 Å². The Morgan fingerprint density at radius 3 is 2.41 bits per heavy atom. The Kier molecular flexibility index (Phi) is 5.22. The van der Waals surface area contributed by atoms with E-state index in [4.69, 9.17) is 25.8 Å². The number of pyridine rings is 1. The molecule has 4 aromatic rings. The van der Waals surface area contributed by atoms with Gasteiger partial charge in [0.05, 0.1) is 38.4 Å². The van der Waals surface area contributed by atoms with Gasteiger partial charge in [0.2, 0.25) is 5.88 Å². The molecule has 8 heteroatoms. The standard InChI is InChI=1S/C21H19ClN4O3/c1-4-29-19-10-5-7-13(25-19)15-11-14-21(23-12-18(22)24-14)26(15)20-16(27-2)8-6-9-17(20)28-3/h5-12H,4H2,1-3H3. The highest BCUT2D eigenvalue weighted by Gasteiger charge is 2.22. The van der Waals surface area contributed by atoms with Gasteiger partial charge in [0.25, 0.3) is 0 Å². The van der Waals surface area contributed by atoms with Crippen LogP contribution in [0.2, 0.25) is 5.15 Å². The average Bonchev–Trinajstić information content (AvgIpc) is 3.11. The molecule has 4 rings (SSSR count). The Bertz CT molecular complexity index is 1150. The van der Waals surface area contributed by atoms with Crippen LogP contribution in [0.4, 0.5) is 0 Å². The molecule has 148 valence electrons. The van der Waals surface area contributed by atoms with Gasteiger partial charge in [-0.25, -0.2) is 15.0 Å². The lowest BCUT2D eigenvalue weighted by Gasteiger charge is -2.17. The van der Waals surface area contributed by atoms with Crippen LogP contribution in [-0.2, 0) is 0 Å². The van der Waals surface area contributed by atoms with Crippen LogP contribution in [-0.4, -0.2) is 40.3 Å². The van der Waals surface area contributed by atoms with Crippen molar-refractivity contribution in [3.05, 3.63) is 53.8 Å². The summed E-state index contributed by atoms with van der Waals surface area (Å²) in [5, 5.41) is 0.309. The first-order valence-electron chi connectivity index (χ1n) is 9.01. The number of hydrogen-bond acceptors (Lipinski definition) is 6. The molecule has 0 radical (unpaired) electrons. The van der Waals surface area contributed by atoms with Gasteiger partial charge in [-0.15, -0.1) is 0 Å². The van der Waals surface area contributed by atoms with E-state index in [1.165, 1.54) is 6.20 Å². The maximum Gasteiger partial charge on any atom is 0.213 e. The lowest BCUT2D eigenvalue weighted by molar-refractivity contribution is 0.327. The molecule has 0 fully saturated rings. The summed E-state index contributed by atoms with van der Waals surface area (Å²) in [7, 11) is 3.22. The molecule has 0 spiro atoms. The molecular weight excluding hydrogens is 392 g/mol. The van der Waals surface area contributed by atoms with Crippen molar-refractivity contribution >= 4 is 22.8 Å². The summed E-state index contributed by atoms with van der Waals surface area (Å²) in [5.41, 5.74) is 3.38. The highest BCUT2D eigenvalue weighted by molar-refractivity contribution is 6.29. The number of nitrogens with zero attached hydrogens (tertiary/aromatic N) is 4. The number of para-hydroxylation sites is 1. The maximum absolute atomic E-state index is 6.09. The number of fused-ring (bicyclic) bond motifs is 1. The van der Waals surface area contributed by atoms with Gasteiger partial charge in [0.15, 0.2) is 5.65 Å². The van der Waals surface area contributed by atoms with E-state index in [2.05, 4.69) is 15.0 Å². The van der Waals surface area contributed by atoms with Crippen LogP contribution in [0.25, 0.3) is 28.2 Å². The van der Waals surface area contributed by atoms with Gasteiger partial charge in [-0.05, 0) is 31.2 Å². The molecule has 0 aliphatic heterocycles. The van der Waals surface area contributed by atoms with Gasteiger partial charge in [-0.2, -0.15) is 0 Å². The van der Waals surface area contributed by atoms with Crippen molar-refractivity contribution in [2.45, 2.75) is 6.92 Å². The largest absolute Gasteiger partial charge is 0.494 e. The Balaban J connectivity index is 2.06. The van der Waals surface area contributed by atoms with E-state index >= 15 is 0 Å². The van der Waals surface area contributed by atoms with Gasteiger partial charge < -0.3 is 14.2 Å². The molecule has 0 N–H and O–H groups in total. The van der Waals surface area contributed by atoms with E-state index in [1.807, 2.05) is 54.0 Å². The minimum atomic E-state index is 0.309. The smallest absolute Gasteiger partial charge is 0.213 e. The number of halogens is 1. The van der Waals surface area contributed by atoms with Crippen molar-refractivity contribution in [2.75, 3.05) is 20.8 Å². The third-order valence-corrected chi connectivity index (χ3v) is 4.56. The molecule has 0 saturated heterocycles. The topological polar surface area (TPSA) is 71.3 Å². The van der Waals surface area contributed by atoms with E-state index in [9.17, 15) is 0 Å². The van der Waals surface area contributed by atoms with Crippen LogP contribution in [0.3, 0.4) is 0 Å². The lowest BCUT2D eigenvalue weighted by Crippen LogP contribution is -2.05. The van der Waals surface area contributed by atoms with Gasteiger partial charge in [-0.1, -0.05) is 23.7 Å². The second-order valence-corrected chi connectivity index (χ2v) is 6.46. The third-order valence-electron chi connectivity index (χ3n) is 4.38. The van der Waals surface area contributed by atoms with Crippen LogP contribution in [0.15, 0.2) is 48.7 Å². The number of rotatable bonds is 6. The van der Waals surface area contributed by atoms with Crippen molar-refractivity contribution in [1.29, 1.82) is 0 Å². The first-order chi connectivity index (χ1) is 14.2.